The summed E-state index contributed by atoms with van der Waals surface area (Å²) in [5.41, 5.74) is -0.180. The van der Waals surface area contributed by atoms with Crippen molar-refractivity contribution in [1.82, 2.24) is 0 Å². The van der Waals surface area contributed by atoms with E-state index in [4.69, 9.17) is 22.0 Å². The second kappa shape index (κ2) is 5.25. The van der Waals surface area contributed by atoms with Crippen LogP contribution in [0.5, 0.6) is 0 Å². The number of nitriles is 1. The number of carboxylic acids is 1. The molecule has 0 radical (unpaired) electrons. The van der Waals surface area contributed by atoms with Crippen LogP contribution < -0.4 is 4.72 Å². The van der Waals surface area contributed by atoms with Crippen LogP contribution in [0.1, 0.15) is 17.3 Å². The third-order valence-electron chi connectivity index (χ3n) is 2.10. The van der Waals surface area contributed by atoms with E-state index < -0.39 is 21.2 Å². The molecule has 6 nitrogen and oxygen atoms in total. The van der Waals surface area contributed by atoms with Gasteiger partial charge in [0.25, 0.3) is 0 Å². The Morgan fingerprint density at radius 1 is 1.56 bits per heavy atom. The number of carbonyl (C=O) groups is 1. The maximum atomic E-state index is 11.6. The van der Waals surface area contributed by atoms with Gasteiger partial charge in [0, 0.05) is 5.69 Å². The minimum atomic E-state index is -3.87. The highest BCUT2D eigenvalue weighted by molar-refractivity contribution is 7.93. The van der Waals surface area contributed by atoms with Gasteiger partial charge in [-0.3, -0.25) is 4.72 Å². The second-order valence-electron chi connectivity index (χ2n) is 3.42. The second-order valence-corrected chi connectivity index (χ2v) is 5.83. The van der Waals surface area contributed by atoms with E-state index in [1.54, 1.807) is 6.07 Å². The largest absolute Gasteiger partial charge is 0.478 e. The highest BCUT2D eigenvalue weighted by atomic mass is 35.5. The molecular weight excluding hydrogens is 280 g/mol. The minimum absolute atomic E-state index is 0.00113. The summed E-state index contributed by atoms with van der Waals surface area (Å²) in [6, 6.07) is 5.25. The molecule has 8 heteroatoms. The monoisotopic (exact) mass is 288 g/mol. The van der Waals surface area contributed by atoms with Crippen molar-refractivity contribution in [3.63, 3.8) is 0 Å². The van der Waals surface area contributed by atoms with Gasteiger partial charge in [-0.25, -0.2) is 13.2 Å². The normalized spacial score (nSPS) is 12.5. The quantitative estimate of drug-likeness (QED) is 0.876. The predicted molar refractivity (Wildman–Crippen MR) is 66.0 cm³/mol. The first-order chi connectivity index (χ1) is 8.27. The standard InChI is InChI=1S/C10H9ClN2O4S/c1-6(5-12)18(16,17)13-7-2-3-9(11)8(4-7)10(14)15/h2-4,6,13H,1H3,(H,14,15). The first-order valence-electron chi connectivity index (χ1n) is 4.72. The molecule has 0 aliphatic carbocycles. The lowest BCUT2D eigenvalue weighted by Gasteiger charge is -2.10. The Bertz CT molecular complexity index is 621. The molecule has 1 atom stereocenters. The molecule has 0 spiro atoms. The summed E-state index contributed by atoms with van der Waals surface area (Å²) in [6.45, 7) is 1.22. The van der Waals surface area contributed by atoms with Crippen molar-refractivity contribution in [3.8, 4) is 6.07 Å². The average molecular weight is 289 g/mol. The lowest BCUT2D eigenvalue weighted by atomic mass is 10.2. The average Bonchev–Trinajstić information content (AvgIpc) is 2.29. The molecular formula is C10H9ClN2O4S. The van der Waals surface area contributed by atoms with Gasteiger partial charge in [0.15, 0.2) is 5.25 Å². The maximum Gasteiger partial charge on any atom is 0.337 e. The Morgan fingerprint density at radius 2 is 2.17 bits per heavy atom. The Kier molecular flexibility index (Phi) is 4.16. The van der Waals surface area contributed by atoms with Crippen LogP contribution in [0.25, 0.3) is 0 Å². The number of benzene rings is 1. The van der Waals surface area contributed by atoms with Gasteiger partial charge in [0.2, 0.25) is 10.0 Å². The van der Waals surface area contributed by atoms with Gasteiger partial charge in [-0.2, -0.15) is 5.26 Å². The summed E-state index contributed by atoms with van der Waals surface area (Å²) < 4.78 is 25.3. The molecule has 1 aromatic rings. The molecule has 18 heavy (non-hydrogen) atoms. The molecule has 0 aromatic heterocycles. The van der Waals surface area contributed by atoms with E-state index in [2.05, 4.69) is 4.72 Å². The lowest BCUT2D eigenvalue weighted by molar-refractivity contribution is 0.0697. The van der Waals surface area contributed by atoms with Crippen LogP contribution >= 0.6 is 11.6 Å². The minimum Gasteiger partial charge on any atom is -0.478 e. The first kappa shape index (κ1) is 14.3. The topological polar surface area (TPSA) is 107 Å². The first-order valence-corrected chi connectivity index (χ1v) is 6.64. The number of hydrogen-bond acceptors (Lipinski definition) is 4. The zero-order chi connectivity index (χ0) is 13.9. The summed E-state index contributed by atoms with van der Waals surface area (Å²) in [5, 5.41) is 16.1. The van der Waals surface area contributed by atoms with Crippen molar-refractivity contribution < 1.29 is 18.3 Å². The number of sulfonamides is 1. The van der Waals surface area contributed by atoms with E-state index in [0.29, 0.717) is 0 Å². The molecule has 0 aliphatic heterocycles. The molecule has 96 valence electrons. The van der Waals surface area contributed by atoms with Gasteiger partial charge in [-0.05, 0) is 25.1 Å². The van der Waals surface area contributed by atoms with Crippen molar-refractivity contribution in [1.29, 1.82) is 5.26 Å². The van der Waals surface area contributed by atoms with E-state index >= 15 is 0 Å². The molecule has 0 bridgehead atoms. The molecule has 0 fully saturated rings. The highest BCUT2D eigenvalue weighted by Gasteiger charge is 2.20. The van der Waals surface area contributed by atoms with Gasteiger partial charge in [0.1, 0.15) is 0 Å². The van der Waals surface area contributed by atoms with Crippen LogP contribution in [0.3, 0.4) is 0 Å². The van der Waals surface area contributed by atoms with E-state index in [9.17, 15) is 13.2 Å². The summed E-state index contributed by atoms with van der Waals surface area (Å²) in [5.74, 6) is -1.27. The van der Waals surface area contributed by atoms with Crippen LogP contribution in [0.15, 0.2) is 18.2 Å². The number of halogens is 1. The molecule has 0 saturated heterocycles. The van der Waals surface area contributed by atoms with E-state index in [1.807, 2.05) is 0 Å². The lowest BCUT2D eigenvalue weighted by Crippen LogP contribution is -2.23. The summed E-state index contributed by atoms with van der Waals surface area (Å²) in [7, 11) is -3.87. The fourth-order valence-electron chi connectivity index (χ4n) is 1.07. The third-order valence-corrected chi connectivity index (χ3v) is 3.99. The van der Waals surface area contributed by atoms with Gasteiger partial charge in [-0.15, -0.1) is 0 Å². The Labute approximate surface area is 109 Å². The van der Waals surface area contributed by atoms with Gasteiger partial charge in [0.05, 0.1) is 16.7 Å². The molecule has 1 unspecified atom stereocenters. The number of anilines is 1. The van der Waals surface area contributed by atoms with Gasteiger partial charge < -0.3 is 5.11 Å². The van der Waals surface area contributed by atoms with Crippen molar-refractivity contribution in [2.45, 2.75) is 12.2 Å². The summed E-state index contributed by atoms with van der Waals surface area (Å²) in [6.07, 6.45) is 0. The molecule has 0 aliphatic rings. The smallest absolute Gasteiger partial charge is 0.337 e. The van der Waals surface area contributed by atoms with Crippen LogP contribution in [0.2, 0.25) is 5.02 Å². The van der Waals surface area contributed by atoms with Crippen LogP contribution in [-0.4, -0.2) is 24.7 Å². The molecule has 1 aromatic carbocycles. The number of hydrogen-bond donors (Lipinski definition) is 2. The molecule has 0 heterocycles. The number of nitrogens with zero attached hydrogens (tertiary/aromatic N) is 1. The Hall–Kier alpha value is -1.78. The van der Waals surface area contributed by atoms with Crippen LogP contribution in [0.4, 0.5) is 5.69 Å². The zero-order valence-corrected chi connectivity index (χ0v) is 10.8. The fourth-order valence-corrected chi connectivity index (χ4v) is 2.04. The summed E-state index contributed by atoms with van der Waals surface area (Å²) >= 11 is 5.64. The molecule has 0 amide bonds. The van der Waals surface area contributed by atoms with E-state index in [0.717, 1.165) is 6.07 Å². The van der Waals surface area contributed by atoms with Crippen molar-refractivity contribution in [2.75, 3.05) is 4.72 Å². The van der Waals surface area contributed by atoms with E-state index in [-0.39, 0.29) is 16.3 Å². The van der Waals surface area contributed by atoms with Crippen molar-refractivity contribution in [2.24, 2.45) is 0 Å². The number of nitrogens with one attached hydrogen (secondary N) is 1. The Morgan fingerprint density at radius 3 is 2.67 bits per heavy atom. The number of aromatic carboxylic acids is 1. The SMILES string of the molecule is CC(C#N)S(=O)(=O)Nc1ccc(Cl)c(C(=O)O)c1. The van der Waals surface area contributed by atoms with E-state index in [1.165, 1.54) is 19.1 Å². The molecule has 1 rings (SSSR count). The molecule has 2 N–H and O–H groups in total. The van der Waals surface area contributed by atoms with Gasteiger partial charge >= 0.3 is 5.97 Å². The molecule has 0 saturated carbocycles. The van der Waals surface area contributed by atoms with Crippen molar-refractivity contribution in [3.05, 3.63) is 28.8 Å². The number of rotatable bonds is 4. The third kappa shape index (κ3) is 3.12. The van der Waals surface area contributed by atoms with Crippen molar-refractivity contribution >= 4 is 33.3 Å². The maximum absolute atomic E-state index is 11.6. The predicted octanol–water partition coefficient (Wildman–Crippen LogP) is 1.69. The number of carboxylic acid groups (broad SMARTS) is 1. The zero-order valence-electron chi connectivity index (χ0n) is 9.21. The summed E-state index contributed by atoms with van der Waals surface area (Å²) in [4.78, 5) is 10.8. The highest BCUT2D eigenvalue weighted by Crippen LogP contribution is 2.21. The fraction of sp³-hybridized carbons (Fsp3) is 0.200. The van der Waals surface area contributed by atoms with Crippen LogP contribution in [-0.2, 0) is 10.0 Å². The Balaban J connectivity index is 3.12. The van der Waals surface area contributed by atoms with Gasteiger partial charge in [-0.1, -0.05) is 11.6 Å². The van der Waals surface area contributed by atoms with Crippen LogP contribution in [0, 0.1) is 11.3 Å².